The van der Waals surface area contributed by atoms with E-state index < -0.39 is 0 Å². The Morgan fingerprint density at radius 3 is 2.28 bits per heavy atom. The van der Waals surface area contributed by atoms with Crippen LogP contribution in [0.5, 0.6) is 0 Å². The predicted molar refractivity (Wildman–Crippen MR) is 80.0 cm³/mol. The molecule has 18 heavy (non-hydrogen) atoms. The number of nitrogens with two attached hydrogens (primary N) is 1. The number of hydrogen-bond acceptors (Lipinski definition) is 1. The van der Waals surface area contributed by atoms with Crippen LogP contribution in [0.3, 0.4) is 0 Å². The molecule has 1 nitrogen and oxygen atoms in total. The van der Waals surface area contributed by atoms with E-state index in [1.54, 1.807) is 0 Å². The maximum atomic E-state index is 6.10. The Hall–Kier alpha value is -0.680. The van der Waals surface area contributed by atoms with Crippen molar-refractivity contribution < 1.29 is 0 Å². The van der Waals surface area contributed by atoms with Crippen molar-refractivity contribution in [2.24, 2.45) is 11.1 Å². The molecule has 0 saturated heterocycles. The van der Waals surface area contributed by atoms with E-state index in [2.05, 4.69) is 32.6 Å². The molecule has 0 amide bonds. The first-order chi connectivity index (χ1) is 8.29. The first-order valence-corrected chi connectivity index (χ1v) is 6.73. The Bertz CT molecular complexity index is 443. The molecule has 0 fully saturated rings. The molecular weight excluding hydrogens is 265 g/mol. The average molecular weight is 284 g/mol. The topological polar surface area (TPSA) is 26.0 Å². The zero-order valence-corrected chi connectivity index (χ0v) is 12.6. The lowest BCUT2D eigenvalue weighted by atomic mass is 9.97. The van der Waals surface area contributed by atoms with Gasteiger partial charge in [0.2, 0.25) is 0 Å². The first-order valence-electron chi connectivity index (χ1n) is 5.98. The van der Waals surface area contributed by atoms with Gasteiger partial charge in [-0.05, 0) is 44.9 Å². The van der Waals surface area contributed by atoms with Crippen LogP contribution in [0.2, 0.25) is 10.0 Å². The Morgan fingerprint density at radius 2 is 1.78 bits per heavy atom. The van der Waals surface area contributed by atoms with Crippen molar-refractivity contribution >= 4 is 23.2 Å². The molecule has 1 atom stereocenters. The Balaban J connectivity index is 2.65. The maximum absolute atomic E-state index is 6.10. The highest BCUT2D eigenvalue weighted by Crippen LogP contribution is 2.25. The van der Waals surface area contributed by atoms with Gasteiger partial charge in [-0.15, -0.1) is 5.92 Å². The van der Waals surface area contributed by atoms with Gasteiger partial charge in [-0.3, -0.25) is 0 Å². The minimum atomic E-state index is -0.0442. The molecule has 0 spiro atoms. The van der Waals surface area contributed by atoms with Gasteiger partial charge in [-0.1, -0.05) is 35.2 Å². The second-order valence-corrected chi connectivity index (χ2v) is 6.23. The Kier molecular flexibility index (Phi) is 5.53. The highest BCUT2D eigenvalue weighted by atomic mass is 35.5. The summed E-state index contributed by atoms with van der Waals surface area (Å²) in [6, 6.07) is 5.45. The highest BCUT2D eigenvalue weighted by Gasteiger charge is 2.10. The first kappa shape index (κ1) is 15.4. The summed E-state index contributed by atoms with van der Waals surface area (Å²) < 4.78 is 0. The van der Waals surface area contributed by atoms with E-state index in [1.165, 1.54) is 0 Å². The van der Waals surface area contributed by atoms with Gasteiger partial charge >= 0.3 is 0 Å². The van der Waals surface area contributed by atoms with Crippen LogP contribution in [-0.2, 0) is 6.42 Å². The lowest BCUT2D eigenvalue weighted by molar-refractivity contribution is 0.569. The summed E-state index contributed by atoms with van der Waals surface area (Å²) >= 11 is 12.2. The molecule has 0 aliphatic carbocycles. The molecule has 0 aliphatic heterocycles. The second-order valence-electron chi connectivity index (χ2n) is 5.42. The van der Waals surface area contributed by atoms with Crippen molar-refractivity contribution in [3.8, 4) is 11.8 Å². The molecule has 1 unspecified atom stereocenters. The van der Waals surface area contributed by atoms with E-state index in [1.807, 2.05) is 18.2 Å². The van der Waals surface area contributed by atoms with Gasteiger partial charge in [0, 0.05) is 27.9 Å². The fourth-order valence-electron chi connectivity index (χ4n) is 1.51. The lowest BCUT2D eigenvalue weighted by Gasteiger charge is -2.12. The van der Waals surface area contributed by atoms with Crippen LogP contribution < -0.4 is 5.73 Å². The second kappa shape index (κ2) is 6.48. The largest absolute Gasteiger partial charge is 0.327 e. The predicted octanol–water partition coefficient (Wildman–Crippen LogP) is 4.30. The highest BCUT2D eigenvalue weighted by molar-refractivity contribution is 6.35. The van der Waals surface area contributed by atoms with E-state index in [0.29, 0.717) is 22.9 Å². The van der Waals surface area contributed by atoms with Crippen molar-refractivity contribution in [1.29, 1.82) is 0 Å². The minimum Gasteiger partial charge on any atom is -0.327 e. The fraction of sp³-hybridized carbons (Fsp3) is 0.467. The van der Waals surface area contributed by atoms with Crippen LogP contribution >= 0.6 is 23.2 Å². The summed E-state index contributed by atoms with van der Waals surface area (Å²) in [5, 5.41) is 1.34. The van der Waals surface area contributed by atoms with E-state index in [4.69, 9.17) is 28.9 Å². The van der Waals surface area contributed by atoms with Crippen molar-refractivity contribution in [1.82, 2.24) is 0 Å². The van der Waals surface area contributed by atoms with Crippen molar-refractivity contribution in [3.63, 3.8) is 0 Å². The van der Waals surface area contributed by atoms with Crippen LogP contribution in [0.25, 0.3) is 0 Å². The third-order valence-corrected chi connectivity index (χ3v) is 3.06. The molecule has 0 saturated carbocycles. The molecule has 2 N–H and O–H groups in total. The van der Waals surface area contributed by atoms with Gasteiger partial charge in [0.05, 0.1) is 0 Å². The maximum Gasteiger partial charge on any atom is 0.0453 e. The van der Waals surface area contributed by atoms with Gasteiger partial charge in [0.1, 0.15) is 0 Å². The lowest BCUT2D eigenvalue weighted by Crippen LogP contribution is -2.22. The van der Waals surface area contributed by atoms with Crippen LogP contribution in [0.15, 0.2) is 18.2 Å². The van der Waals surface area contributed by atoms with E-state index in [0.717, 1.165) is 5.56 Å². The third-order valence-electron chi connectivity index (χ3n) is 2.36. The minimum absolute atomic E-state index is 0.0156. The van der Waals surface area contributed by atoms with E-state index in [9.17, 15) is 0 Å². The summed E-state index contributed by atoms with van der Waals surface area (Å²) in [7, 11) is 0. The molecule has 0 aromatic heterocycles. The van der Waals surface area contributed by atoms with Crippen LogP contribution in [0.1, 0.15) is 32.8 Å². The monoisotopic (exact) mass is 283 g/mol. The number of rotatable bonds is 3. The molecule has 3 heteroatoms. The average Bonchev–Trinajstić information content (AvgIpc) is 2.22. The quantitative estimate of drug-likeness (QED) is 0.823. The molecule has 1 aromatic carbocycles. The number of benzene rings is 1. The van der Waals surface area contributed by atoms with Gasteiger partial charge in [-0.2, -0.15) is 0 Å². The molecule has 1 rings (SSSR count). The summed E-state index contributed by atoms with van der Waals surface area (Å²) in [6.07, 6.45) is 1.30. The summed E-state index contributed by atoms with van der Waals surface area (Å²) in [6.45, 7) is 6.24. The zero-order valence-electron chi connectivity index (χ0n) is 11.1. The van der Waals surface area contributed by atoms with Gasteiger partial charge in [-0.25, -0.2) is 0 Å². The van der Waals surface area contributed by atoms with E-state index >= 15 is 0 Å². The van der Waals surface area contributed by atoms with E-state index in [-0.39, 0.29) is 11.5 Å². The normalized spacial score (nSPS) is 12.8. The van der Waals surface area contributed by atoms with Crippen LogP contribution in [0, 0.1) is 17.3 Å². The summed E-state index contributed by atoms with van der Waals surface area (Å²) in [4.78, 5) is 0. The zero-order chi connectivity index (χ0) is 13.8. The third kappa shape index (κ3) is 5.31. The van der Waals surface area contributed by atoms with Crippen molar-refractivity contribution in [2.45, 2.75) is 39.7 Å². The number of hydrogen-bond donors (Lipinski definition) is 1. The molecule has 0 bridgehead atoms. The smallest absolute Gasteiger partial charge is 0.0453 e. The van der Waals surface area contributed by atoms with Crippen molar-refractivity contribution in [2.75, 3.05) is 0 Å². The Morgan fingerprint density at radius 1 is 1.22 bits per heavy atom. The van der Waals surface area contributed by atoms with Crippen LogP contribution in [0.4, 0.5) is 0 Å². The number of halogens is 2. The fourth-order valence-corrected chi connectivity index (χ4v) is 2.06. The molecule has 0 aliphatic rings. The molecule has 1 aromatic rings. The van der Waals surface area contributed by atoms with Crippen LogP contribution in [-0.4, -0.2) is 6.04 Å². The summed E-state index contributed by atoms with van der Waals surface area (Å²) in [5.41, 5.74) is 6.98. The molecular formula is C15H19Cl2N. The van der Waals surface area contributed by atoms with Gasteiger partial charge < -0.3 is 5.73 Å². The van der Waals surface area contributed by atoms with Crippen molar-refractivity contribution in [3.05, 3.63) is 33.8 Å². The molecule has 0 radical (unpaired) electrons. The standard InChI is InChI=1S/C15H19Cl2N/c1-15(2,3)9-5-6-11(18)10-12-13(16)7-4-8-14(12)17/h4,7-8,11H,6,10,18H2,1-3H3. The summed E-state index contributed by atoms with van der Waals surface area (Å²) in [5.74, 6) is 6.29. The SMILES string of the molecule is CC(C)(C)C#CCC(N)Cc1c(Cl)cccc1Cl. The molecule has 0 heterocycles. The Labute approximate surface area is 120 Å². The van der Waals surface area contributed by atoms with Gasteiger partial charge in [0.15, 0.2) is 0 Å². The van der Waals surface area contributed by atoms with Gasteiger partial charge in [0.25, 0.3) is 0 Å². The molecule has 98 valence electrons.